The van der Waals surface area contributed by atoms with Gasteiger partial charge in [-0.15, -0.1) is 0 Å². The smallest absolute Gasteiger partial charge is 0.411 e. The van der Waals surface area contributed by atoms with Crippen LogP contribution >= 0.6 is 0 Å². The summed E-state index contributed by atoms with van der Waals surface area (Å²) in [6.45, 7) is 7.18. The van der Waals surface area contributed by atoms with Crippen molar-refractivity contribution in [2.24, 2.45) is 5.73 Å². The quantitative estimate of drug-likeness (QED) is 0.228. The van der Waals surface area contributed by atoms with Gasteiger partial charge in [0.15, 0.2) is 21.4 Å². The SMILES string of the molecule is CCOC(=O)Nc1ccc(S(=O)(=O)C(C)C)c([C@H]2CCCN2C(=O)[C@H](Nc2cccc(C(N)=O)c2)c2ccc(F)c(OCC)c2)c1. The van der Waals surface area contributed by atoms with Crippen LogP contribution in [0, 0.1) is 5.82 Å². The monoisotopic (exact) mass is 654 g/mol. The standard InChI is InChI=1S/C33H39FN4O7S/c1-5-44-28-18-21(12-14-26(28)34)30(36-23-10-7-9-22(17-23)31(35)39)32(40)38-16-8-11-27(38)25-19-24(37-33(41)45-6-2)13-15-29(25)46(42,43)20(3)4/h7,9-10,12-15,17-20,27,30,36H,5-6,8,11,16H2,1-4H3,(H2,35,39)(H,37,41)/t27-,30-/m1/s1. The van der Waals surface area contributed by atoms with Gasteiger partial charge in [-0.2, -0.15) is 0 Å². The first-order valence-corrected chi connectivity index (χ1v) is 16.6. The molecule has 13 heteroatoms. The van der Waals surface area contributed by atoms with Gasteiger partial charge in [0.2, 0.25) is 11.8 Å². The molecule has 1 fully saturated rings. The summed E-state index contributed by atoms with van der Waals surface area (Å²) in [6, 6.07) is 13.2. The van der Waals surface area contributed by atoms with Crippen molar-refractivity contribution in [2.75, 3.05) is 30.4 Å². The molecule has 0 saturated carbocycles. The number of nitrogens with one attached hydrogen (secondary N) is 2. The maximum Gasteiger partial charge on any atom is 0.411 e. The molecule has 0 unspecified atom stereocenters. The Hall–Kier alpha value is -4.65. The molecule has 3 aromatic rings. The Balaban J connectivity index is 1.81. The highest BCUT2D eigenvalue weighted by atomic mass is 32.2. The number of primary amides is 1. The van der Waals surface area contributed by atoms with Crippen LogP contribution in [-0.2, 0) is 19.4 Å². The van der Waals surface area contributed by atoms with Gasteiger partial charge in [-0.25, -0.2) is 17.6 Å². The number of ether oxygens (including phenoxy) is 2. The molecule has 1 aliphatic rings. The van der Waals surface area contributed by atoms with Gasteiger partial charge in [-0.05, 0) is 100 Å². The number of nitrogens with zero attached hydrogens (tertiary/aromatic N) is 1. The number of hydrogen-bond donors (Lipinski definition) is 3. The molecule has 246 valence electrons. The van der Waals surface area contributed by atoms with Crippen LogP contribution in [0.3, 0.4) is 0 Å². The van der Waals surface area contributed by atoms with Crippen molar-refractivity contribution in [1.82, 2.24) is 4.90 Å². The maximum absolute atomic E-state index is 14.6. The lowest BCUT2D eigenvalue weighted by Crippen LogP contribution is -2.38. The molecule has 1 saturated heterocycles. The molecule has 0 bridgehead atoms. The Morgan fingerprint density at radius 2 is 1.78 bits per heavy atom. The minimum Gasteiger partial charge on any atom is -0.491 e. The molecule has 0 aliphatic carbocycles. The van der Waals surface area contributed by atoms with Crippen molar-refractivity contribution in [1.29, 1.82) is 0 Å². The molecule has 3 aromatic carbocycles. The van der Waals surface area contributed by atoms with Gasteiger partial charge in [0.1, 0.15) is 6.04 Å². The predicted octanol–water partition coefficient (Wildman–Crippen LogP) is 5.59. The second-order valence-corrected chi connectivity index (χ2v) is 13.5. The Labute approximate surface area is 268 Å². The number of benzene rings is 3. The fourth-order valence-corrected chi connectivity index (χ4v) is 6.68. The lowest BCUT2D eigenvalue weighted by molar-refractivity contribution is -0.133. The number of likely N-dealkylation sites (tertiary alicyclic amines) is 1. The van der Waals surface area contributed by atoms with Crippen molar-refractivity contribution in [2.45, 2.75) is 62.8 Å². The third-order valence-electron chi connectivity index (χ3n) is 7.65. The fraction of sp³-hybridized carbons (Fsp3) is 0.364. The van der Waals surface area contributed by atoms with E-state index in [2.05, 4.69) is 10.6 Å². The molecule has 0 aromatic heterocycles. The van der Waals surface area contributed by atoms with Crippen LogP contribution in [0.15, 0.2) is 65.6 Å². The zero-order valence-electron chi connectivity index (χ0n) is 26.2. The van der Waals surface area contributed by atoms with Gasteiger partial charge in [0, 0.05) is 23.5 Å². The van der Waals surface area contributed by atoms with E-state index in [0.717, 1.165) is 0 Å². The zero-order valence-corrected chi connectivity index (χ0v) is 27.0. The number of anilines is 2. The van der Waals surface area contributed by atoms with Crippen LogP contribution in [-0.4, -0.2) is 56.2 Å². The van der Waals surface area contributed by atoms with Gasteiger partial charge in [-0.3, -0.25) is 14.9 Å². The molecule has 11 nitrogen and oxygen atoms in total. The predicted molar refractivity (Wildman–Crippen MR) is 172 cm³/mol. The Morgan fingerprint density at radius 1 is 1.02 bits per heavy atom. The van der Waals surface area contributed by atoms with Gasteiger partial charge in [0.05, 0.1) is 29.4 Å². The maximum atomic E-state index is 14.6. The fourth-order valence-electron chi connectivity index (χ4n) is 5.39. The van der Waals surface area contributed by atoms with E-state index >= 15 is 0 Å². The average molecular weight is 655 g/mol. The van der Waals surface area contributed by atoms with Gasteiger partial charge < -0.3 is 25.4 Å². The molecule has 3 amide bonds. The first-order valence-electron chi connectivity index (χ1n) is 15.1. The topological polar surface area (TPSA) is 157 Å². The second kappa shape index (κ2) is 14.6. The van der Waals surface area contributed by atoms with Crippen LogP contribution in [0.1, 0.15) is 74.1 Å². The number of carbonyl (C=O) groups is 3. The van der Waals surface area contributed by atoms with E-state index < -0.39 is 50.9 Å². The Bertz CT molecular complexity index is 1710. The molecule has 1 aliphatic heterocycles. The molecular weight excluding hydrogens is 615 g/mol. The number of hydrogen-bond acceptors (Lipinski definition) is 8. The van der Waals surface area contributed by atoms with Gasteiger partial charge >= 0.3 is 6.09 Å². The van der Waals surface area contributed by atoms with E-state index in [1.165, 1.54) is 36.4 Å². The normalized spacial score (nSPS) is 15.3. The third-order valence-corrected chi connectivity index (χ3v) is 9.87. The van der Waals surface area contributed by atoms with Crippen LogP contribution < -0.4 is 21.1 Å². The number of halogens is 1. The Morgan fingerprint density at radius 3 is 2.46 bits per heavy atom. The summed E-state index contributed by atoms with van der Waals surface area (Å²) >= 11 is 0. The van der Waals surface area contributed by atoms with E-state index in [0.29, 0.717) is 41.9 Å². The van der Waals surface area contributed by atoms with Crippen molar-refractivity contribution in [3.05, 3.63) is 83.2 Å². The number of rotatable bonds is 12. The summed E-state index contributed by atoms with van der Waals surface area (Å²) in [4.78, 5) is 40.3. The van der Waals surface area contributed by atoms with Crippen LogP contribution in [0.4, 0.5) is 20.6 Å². The van der Waals surface area contributed by atoms with Crippen LogP contribution in [0.2, 0.25) is 0 Å². The van der Waals surface area contributed by atoms with Crippen molar-refractivity contribution >= 4 is 39.1 Å². The average Bonchev–Trinajstić information content (AvgIpc) is 3.51. The summed E-state index contributed by atoms with van der Waals surface area (Å²) in [5.74, 6) is -1.70. The Kier molecular flexibility index (Phi) is 10.9. The number of sulfone groups is 1. The molecule has 2 atom stereocenters. The summed E-state index contributed by atoms with van der Waals surface area (Å²) in [5.41, 5.74) is 7.18. The summed E-state index contributed by atoms with van der Waals surface area (Å²) < 4.78 is 52.1. The molecule has 1 heterocycles. The van der Waals surface area contributed by atoms with Gasteiger partial charge in [-0.1, -0.05) is 12.1 Å². The van der Waals surface area contributed by atoms with Crippen molar-refractivity contribution < 1.29 is 36.7 Å². The van der Waals surface area contributed by atoms with E-state index in [-0.39, 0.29) is 29.4 Å². The first-order chi connectivity index (χ1) is 21.9. The molecule has 4 rings (SSSR count). The second-order valence-electron chi connectivity index (χ2n) is 11.0. The number of carbonyl (C=O) groups excluding carboxylic acids is 3. The molecule has 0 spiro atoms. The number of nitrogens with two attached hydrogens (primary N) is 1. The highest BCUT2D eigenvalue weighted by Gasteiger charge is 2.38. The van der Waals surface area contributed by atoms with Crippen LogP contribution in [0.5, 0.6) is 5.75 Å². The van der Waals surface area contributed by atoms with Gasteiger partial charge in [0.25, 0.3) is 0 Å². The summed E-state index contributed by atoms with van der Waals surface area (Å²) in [6.07, 6.45) is 0.327. The lowest BCUT2D eigenvalue weighted by atomic mass is 10.0. The van der Waals surface area contributed by atoms with Crippen molar-refractivity contribution in [3.63, 3.8) is 0 Å². The molecular formula is C33H39FN4O7S. The van der Waals surface area contributed by atoms with Crippen LogP contribution in [0.25, 0.3) is 0 Å². The molecule has 0 radical (unpaired) electrons. The highest BCUT2D eigenvalue weighted by molar-refractivity contribution is 7.92. The zero-order chi connectivity index (χ0) is 33.6. The minimum absolute atomic E-state index is 0.0356. The summed E-state index contributed by atoms with van der Waals surface area (Å²) in [5, 5.41) is 5.05. The van der Waals surface area contributed by atoms with E-state index in [4.69, 9.17) is 15.2 Å². The first kappa shape index (κ1) is 34.2. The van der Waals surface area contributed by atoms with E-state index in [9.17, 15) is 27.2 Å². The minimum atomic E-state index is -3.80. The van der Waals surface area contributed by atoms with Crippen molar-refractivity contribution in [3.8, 4) is 5.75 Å². The third kappa shape index (κ3) is 7.58. The van der Waals surface area contributed by atoms with E-state index in [1.54, 1.807) is 56.9 Å². The lowest BCUT2D eigenvalue weighted by Gasteiger charge is -2.32. The highest BCUT2D eigenvalue weighted by Crippen LogP contribution is 2.40. The molecule has 46 heavy (non-hydrogen) atoms. The summed E-state index contributed by atoms with van der Waals surface area (Å²) in [7, 11) is -3.80. The van der Waals surface area contributed by atoms with E-state index in [1.807, 2.05) is 0 Å². The largest absolute Gasteiger partial charge is 0.491 e. The number of amides is 3. The molecule has 4 N–H and O–H groups in total.